The molecule has 0 aliphatic carbocycles. The molecule has 2 aromatic carbocycles. The summed E-state index contributed by atoms with van der Waals surface area (Å²) in [4.78, 5) is 23.4. The molecule has 3 N–H and O–H groups in total. The van der Waals surface area contributed by atoms with Crippen LogP contribution in [0.3, 0.4) is 0 Å². The normalized spacial score (nSPS) is 13.0. The number of carbonyl (C=O) groups is 1. The van der Waals surface area contributed by atoms with Gasteiger partial charge in [-0.3, -0.25) is 10.1 Å². The Morgan fingerprint density at radius 1 is 1.27 bits per heavy atom. The van der Waals surface area contributed by atoms with Crippen LogP contribution in [0.2, 0.25) is 0 Å². The van der Waals surface area contributed by atoms with Gasteiger partial charge < -0.3 is 20.4 Å². The van der Waals surface area contributed by atoms with E-state index in [1.165, 1.54) is 30.3 Å². The summed E-state index contributed by atoms with van der Waals surface area (Å²) >= 11 is 5.36. The van der Waals surface area contributed by atoms with Gasteiger partial charge in [0.05, 0.1) is 10.6 Å². The number of para-hydroxylation sites is 1. The zero-order valence-corrected chi connectivity index (χ0v) is 14.3. The molecule has 0 atom stereocenters. The second-order valence-electron chi connectivity index (χ2n) is 5.82. The first-order chi connectivity index (χ1) is 12.4. The Kier molecular flexibility index (Phi) is 4.72. The minimum absolute atomic E-state index is 0.0243. The van der Waals surface area contributed by atoms with Gasteiger partial charge in [-0.2, -0.15) is 0 Å². The maximum absolute atomic E-state index is 11.1. The molecular formula is C17H15N3O5S. The first kappa shape index (κ1) is 17.6. The molecule has 0 amide bonds. The van der Waals surface area contributed by atoms with Crippen molar-refractivity contribution in [2.24, 2.45) is 0 Å². The average Bonchev–Trinajstić information content (AvgIpc) is 2.62. The summed E-state index contributed by atoms with van der Waals surface area (Å²) in [5.41, 5.74) is 1.84. The fourth-order valence-electron chi connectivity index (χ4n) is 2.84. The number of benzene rings is 2. The molecule has 0 fully saturated rings. The lowest BCUT2D eigenvalue weighted by atomic mass is 9.99. The number of aromatic hydroxyl groups is 1. The van der Waals surface area contributed by atoms with Crippen molar-refractivity contribution < 1.29 is 19.9 Å². The standard InChI is InChI=1S/C17H15N3O5S/c21-15-13(16(22)23)2-1-3-14(15)18-17(26)19-7-6-10-4-5-12(20(24)25)8-11(10)9-19/h1-5,8,21H,6-7,9H2,(H,18,26)(H,22,23). The molecule has 26 heavy (non-hydrogen) atoms. The predicted molar refractivity (Wildman–Crippen MR) is 98.5 cm³/mol. The van der Waals surface area contributed by atoms with Gasteiger partial charge in [0.2, 0.25) is 0 Å². The number of nitro benzene ring substituents is 1. The Labute approximate surface area is 153 Å². The first-order valence-corrected chi connectivity index (χ1v) is 8.15. The summed E-state index contributed by atoms with van der Waals surface area (Å²) in [6.07, 6.45) is 0.677. The molecule has 2 aromatic rings. The number of rotatable bonds is 3. The highest BCUT2D eigenvalue weighted by Crippen LogP contribution is 2.29. The number of non-ortho nitro benzene ring substituents is 1. The van der Waals surface area contributed by atoms with Crippen LogP contribution in [0.1, 0.15) is 21.5 Å². The van der Waals surface area contributed by atoms with Gasteiger partial charge >= 0.3 is 5.97 Å². The molecule has 0 bridgehead atoms. The van der Waals surface area contributed by atoms with Crippen LogP contribution in [-0.2, 0) is 13.0 Å². The predicted octanol–water partition coefficient (Wildman–Crippen LogP) is 2.75. The number of anilines is 1. The number of hydrogen-bond acceptors (Lipinski definition) is 5. The van der Waals surface area contributed by atoms with Crippen LogP contribution in [0.15, 0.2) is 36.4 Å². The Bertz CT molecular complexity index is 915. The number of hydrogen-bond donors (Lipinski definition) is 3. The number of nitro groups is 1. The molecule has 8 nitrogen and oxygen atoms in total. The number of nitrogens with zero attached hydrogens (tertiary/aromatic N) is 2. The smallest absolute Gasteiger partial charge is 0.339 e. The fourth-order valence-corrected chi connectivity index (χ4v) is 3.11. The summed E-state index contributed by atoms with van der Waals surface area (Å²) < 4.78 is 0. The zero-order chi connectivity index (χ0) is 18.8. The van der Waals surface area contributed by atoms with E-state index in [4.69, 9.17) is 17.3 Å². The summed E-state index contributed by atoms with van der Waals surface area (Å²) in [6, 6.07) is 9.10. The van der Waals surface area contributed by atoms with Crippen molar-refractivity contribution in [2.75, 3.05) is 11.9 Å². The van der Waals surface area contributed by atoms with Gasteiger partial charge in [-0.25, -0.2) is 4.79 Å². The van der Waals surface area contributed by atoms with Gasteiger partial charge in [0.25, 0.3) is 5.69 Å². The third-order valence-corrected chi connectivity index (χ3v) is 4.57. The summed E-state index contributed by atoms with van der Waals surface area (Å²) in [5, 5.41) is 33.2. The summed E-state index contributed by atoms with van der Waals surface area (Å²) in [7, 11) is 0. The van der Waals surface area contributed by atoms with E-state index in [2.05, 4.69) is 5.32 Å². The van der Waals surface area contributed by atoms with Crippen LogP contribution in [0.5, 0.6) is 5.75 Å². The van der Waals surface area contributed by atoms with Gasteiger partial charge in [0.1, 0.15) is 5.56 Å². The Morgan fingerprint density at radius 2 is 2.04 bits per heavy atom. The monoisotopic (exact) mass is 373 g/mol. The highest BCUT2D eigenvalue weighted by molar-refractivity contribution is 7.80. The minimum Gasteiger partial charge on any atom is -0.505 e. The van der Waals surface area contributed by atoms with Crippen molar-refractivity contribution in [3.63, 3.8) is 0 Å². The third-order valence-electron chi connectivity index (χ3n) is 4.21. The average molecular weight is 373 g/mol. The molecule has 134 valence electrons. The lowest BCUT2D eigenvalue weighted by Gasteiger charge is -2.31. The van der Waals surface area contributed by atoms with Crippen molar-refractivity contribution in [1.82, 2.24) is 4.90 Å². The van der Waals surface area contributed by atoms with E-state index < -0.39 is 16.6 Å². The molecule has 1 heterocycles. The number of carboxylic acids is 1. The summed E-state index contributed by atoms with van der Waals surface area (Å²) in [5.74, 6) is -1.63. The molecule has 0 saturated heterocycles. The molecule has 0 aromatic heterocycles. The molecule has 1 aliphatic rings. The van der Waals surface area contributed by atoms with Crippen molar-refractivity contribution in [1.29, 1.82) is 0 Å². The van der Waals surface area contributed by atoms with Crippen molar-refractivity contribution in [2.45, 2.75) is 13.0 Å². The van der Waals surface area contributed by atoms with Crippen molar-refractivity contribution >= 4 is 34.7 Å². The quantitative estimate of drug-likeness (QED) is 0.325. The van der Waals surface area contributed by atoms with Crippen LogP contribution >= 0.6 is 12.2 Å². The maximum Gasteiger partial charge on any atom is 0.339 e. The van der Waals surface area contributed by atoms with Gasteiger partial charge in [-0.15, -0.1) is 0 Å². The highest BCUT2D eigenvalue weighted by atomic mass is 32.1. The first-order valence-electron chi connectivity index (χ1n) is 7.74. The van der Waals surface area contributed by atoms with E-state index in [9.17, 15) is 20.0 Å². The van der Waals surface area contributed by atoms with Crippen molar-refractivity contribution in [3.8, 4) is 5.75 Å². The van der Waals surface area contributed by atoms with Crippen LogP contribution in [0, 0.1) is 10.1 Å². The molecule has 0 unspecified atom stereocenters. The molecule has 1 aliphatic heterocycles. The van der Waals surface area contributed by atoms with Crippen LogP contribution in [-0.4, -0.2) is 37.7 Å². The lowest BCUT2D eigenvalue weighted by Crippen LogP contribution is -2.38. The van der Waals surface area contributed by atoms with E-state index in [-0.39, 0.29) is 16.9 Å². The summed E-state index contributed by atoms with van der Waals surface area (Å²) in [6.45, 7) is 0.998. The van der Waals surface area contributed by atoms with Gasteiger partial charge in [0, 0.05) is 25.2 Å². The van der Waals surface area contributed by atoms with E-state index in [0.717, 1.165) is 11.1 Å². The topological polar surface area (TPSA) is 116 Å². The maximum atomic E-state index is 11.1. The zero-order valence-electron chi connectivity index (χ0n) is 13.5. The van der Waals surface area contributed by atoms with Gasteiger partial charge in [0.15, 0.2) is 10.9 Å². The van der Waals surface area contributed by atoms with Gasteiger partial charge in [-0.05, 0) is 41.9 Å². The Balaban J connectivity index is 1.78. The van der Waals surface area contributed by atoms with E-state index in [1.54, 1.807) is 6.07 Å². The number of carboxylic acid groups (broad SMARTS) is 1. The lowest BCUT2D eigenvalue weighted by molar-refractivity contribution is -0.385. The van der Waals surface area contributed by atoms with Crippen LogP contribution in [0.25, 0.3) is 0 Å². The third kappa shape index (κ3) is 3.42. The SMILES string of the molecule is O=C(O)c1cccc(NC(=S)N2CCc3ccc([N+](=O)[O-])cc3C2)c1O. The molecule has 9 heteroatoms. The number of thiocarbonyl (C=S) groups is 1. The number of nitrogens with one attached hydrogen (secondary N) is 1. The second kappa shape index (κ2) is 6.96. The molecular weight excluding hydrogens is 358 g/mol. The Hall–Kier alpha value is -3.20. The number of fused-ring (bicyclic) bond motifs is 1. The van der Waals surface area contributed by atoms with E-state index in [0.29, 0.717) is 24.6 Å². The van der Waals surface area contributed by atoms with E-state index in [1.807, 2.05) is 4.90 Å². The number of phenols is 1. The highest BCUT2D eigenvalue weighted by Gasteiger charge is 2.22. The molecule has 3 rings (SSSR count). The number of aromatic carboxylic acids is 1. The molecule has 0 radical (unpaired) electrons. The van der Waals surface area contributed by atoms with Crippen LogP contribution < -0.4 is 5.32 Å². The Morgan fingerprint density at radius 3 is 2.73 bits per heavy atom. The molecule has 0 saturated carbocycles. The van der Waals surface area contributed by atoms with Gasteiger partial charge in [-0.1, -0.05) is 12.1 Å². The van der Waals surface area contributed by atoms with Crippen LogP contribution in [0.4, 0.5) is 11.4 Å². The second-order valence-corrected chi connectivity index (χ2v) is 6.21. The minimum atomic E-state index is -1.24. The largest absolute Gasteiger partial charge is 0.505 e. The van der Waals surface area contributed by atoms with Crippen molar-refractivity contribution in [3.05, 3.63) is 63.2 Å². The fraction of sp³-hybridized carbons (Fsp3) is 0.176. The molecule has 0 spiro atoms. The van der Waals surface area contributed by atoms with E-state index >= 15 is 0 Å².